The highest BCUT2D eigenvalue weighted by molar-refractivity contribution is 9.11. The maximum absolute atomic E-state index is 12.2. The number of benzene rings is 13. The lowest BCUT2D eigenvalue weighted by atomic mass is 9.77. The van der Waals surface area contributed by atoms with Gasteiger partial charge in [-0.15, -0.1) is 0 Å². The minimum atomic E-state index is -0.541. The first-order chi connectivity index (χ1) is 58.6. The third-order valence-electron chi connectivity index (χ3n) is 23.7. The molecule has 0 radical (unpaired) electrons. The second-order valence-corrected chi connectivity index (χ2v) is 35.9. The molecule has 1 unspecified atom stereocenters. The zero-order chi connectivity index (χ0) is 85.6. The monoisotopic (exact) mass is 1750 g/mol. The van der Waals surface area contributed by atoms with Gasteiger partial charge < -0.3 is 61.6 Å². The first-order valence-electron chi connectivity index (χ1n) is 42.5. The molecule has 2 fully saturated rings. The van der Waals surface area contributed by atoms with E-state index in [1.807, 2.05) is 72.8 Å². The van der Waals surface area contributed by atoms with Crippen molar-refractivity contribution in [1.82, 2.24) is 13.7 Å². The SMILES string of the molecule is Cc1cc(B2OC(C)(C)C(C)(C)O2)c(OC2CCCCO2)c(-n2c3ccccc3c3ccccc32)c1.Cc1ccc(O[C@H](C)C[C@H](C)Oc2ccc(C)cc2-c2cc(C)cc(-n3c4ccccc4c4ccccc43)c2O)c(-c2cc(C)cc(-n3c4ccccc4c4ccccc43)c2O)c1.Cc1ccc(O[C@H](C)C[C@H](C)Oc2ccc(C)cc2Br)c(Br)c1. The maximum atomic E-state index is 12.2. The molecular weight excluding hydrogens is 1650 g/mol. The molecule has 2 N–H and O–H groups in total. The fourth-order valence-corrected chi connectivity index (χ4v) is 18.5. The Morgan fingerprint density at radius 2 is 0.672 bits per heavy atom. The normalized spacial score (nSPS) is 15.4. The van der Waals surface area contributed by atoms with Gasteiger partial charge >= 0.3 is 7.12 Å². The van der Waals surface area contributed by atoms with Crippen LogP contribution in [0.25, 0.3) is 105 Å². The smallest absolute Gasteiger partial charge is 0.498 e. The van der Waals surface area contributed by atoms with Crippen LogP contribution in [0.2, 0.25) is 0 Å². The van der Waals surface area contributed by atoms with Crippen LogP contribution in [0.4, 0.5) is 0 Å². The molecule has 5 atom stereocenters. The van der Waals surface area contributed by atoms with Gasteiger partial charge in [-0.1, -0.05) is 151 Å². The average Bonchev–Trinajstić information content (AvgIpc) is 1.59. The minimum Gasteiger partial charge on any atom is -0.505 e. The van der Waals surface area contributed by atoms with Crippen LogP contribution in [-0.2, 0) is 14.0 Å². The number of aryl methyl sites for hydroxylation is 7. The molecule has 0 spiro atoms. The molecule has 0 aliphatic carbocycles. The summed E-state index contributed by atoms with van der Waals surface area (Å²) in [7, 11) is -0.541. The summed E-state index contributed by atoms with van der Waals surface area (Å²) in [6, 6.07) is 87.5. The second kappa shape index (κ2) is 35.3. The molecule has 622 valence electrons. The number of phenols is 2. The van der Waals surface area contributed by atoms with Crippen molar-refractivity contribution in [3.8, 4) is 79.6 Å². The quantitative estimate of drug-likeness (QED) is 0.0712. The van der Waals surface area contributed by atoms with Crippen molar-refractivity contribution in [3.05, 3.63) is 303 Å². The van der Waals surface area contributed by atoms with Gasteiger partial charge in [0.1, 0.15) is 40.2 Å². The lowest BCUT2D eigenvalue weighted by Crippen LogP contribution is -2.41. The summed E-state index contributed by atoms with van der Waals surface area (Å²) in [5.41, 5.74) is 19.6. The van der Waals surface area contributed by atoms with E-state index in [2.05, 4.69) is 331 Å². The van der Waals surface area contributed by atoms with Crippen molar-refractivity contribution in [3.63, 3.8) is 0 Å². The lowest BCUT2D eigenvalue weighted by Gasteiger charge is -2.32. The van der Waals surface area contributed by atoms with Crippen LogP contribution in [0.15, 0.2) is 264 Å². The van der Waals surface area contributed by atoms with Crippen LogP contribution in [0.1, 0.15) is 126 Å². The van der Waals surface area contributed by atoms with Gasteiger partial charge in [-0.05, 0) is 292 Å². The predicted octanol–water partition coefficient (Wildman–Crippen LogP) is 27.2. The number of nitrogens with zero attached hydrogens (tertiary/aromatic N) is 3. The zero-order valence-corrected chi connectivity index (χ0v) is 75.4. The number of hydrogen-bond acceptors (Lipinski definition) is 10. The van der Waals surface area contributed by atoms with E-state index in [1.54, 1.807) is 0 Å². The number of para-hydroxylation sites is 6. The molecule has 0 saturated carbocycles. The van der Waals surface area contributed by atoms with Gasteiger partial charge in [-0.3, -0.25) is 0 Å². The summed E-state index contributed by atoms with van der Waals surface area (Å²) in [4.78, 5) is 0. The molecule has 2 aliphatic heterocycles. The summed E-state index contributed by atoms with van der Waals surface area (Å²) in [6.07, 6.45) is 3.76. The number of rotatable bonds is 20. The molecule has 2 aliphatic rings. The molecule has 0 amide bonds. The van der Waals surface area contributed by atoms with E-state index in [0.717, 1.165) is 168 Å². The van der Waals surface area contributed by atoms with Gasteiger partial charge in [0.2, 0.25) is 0 Å². The summed E-state index contributed by atoms with van der Waals surface area (Å²) in [5.74, 6) is 4.26. The van der Waals surface area contributed by atoms with Crippen molar-refractivity contribution in [1.29, 1.82) is 0 Å². The Kier molecular flexibility index (Phi) is 24.4. The Balaban J connectivity index is 0.000000156. The topological polar surface area (TPSA) is 129 Å². The summed E-state index contributed by atoms with van der Waals surface area (Å²) < 4.78 is 60.1. The maximum Gasteiger partial charge on any atom is 0.498 e. The minimum absolute atomic E-state index is 0.0632. The van der Waals surface area contributed by atoms with Crippen LogP contribution in [0, 0.1) is 48.5 Å². The van der Waals surface area contributed by atoms with E-state index >= 15 is 0 Å². The molecule has 5 heterocycles. The molecular formula is C106H106BBr2N3O10. The van der Waals surface area contributed by atoms with Crippen LogP contribution >= 0.6 is 31.9 Å². The van der Waals surface area contributed by atoms with Crippen molar-refractivity contribution in [2.24, 2.45) is 0 Å². The predicted molar refractivity (Wildman–Crippen MR) is 508 cm³/mol. The molecule has 2 saturated heterocycles. The molecule has 16 heteroatoms. The number of aromatic nitrogens is 3. The van der Waals surface area contributed by atoms with E-state index in [4.69, 9.17) is 37.7 Å². The van der Waals surface area contributed by atoms with E-state index < -0.39 is 18.3 Å². The van der Waals surface area contributed by atoms with Gasteiger partial charge in [-0.2, -0.15) is 0 Å². The standard InChI is InChI=1S/C57H50N2O4.C30H34BNO4.C19H22Br2O2/c1-34-23-25-54(44(27-34)46-29-36(3)31-52(56(46)60)58-48-19-11-7-15-40(48)41-16-8-12-20-49(41)58)62-38(5)33-39(6)63-55-26-24-35(2)28-45(55)47-30-37(4)32-53(57(47)61)59-50-21-13-9-17-42(50)43-18-10-14-22-51(43)59;1-20-18-23(31-35-29(2,3)30(4,5)36-31)28(34-27-16-10-11-17-33-27)26(19-20)32-24-14-8-6-12-21(24)22-13-7-9-15-25(22)32;1-12-5-7-18(16(20)9-12)22-14(3)11-15(4)23-19-8-6-13(2)10-17(19)21/h7-32,38-39,60-61H,33H2,1-6H3;6-9,12-15,18-19,27H,10-11,16-17H2,1-5H3;5-10,14-15H,11H2,1-4H3/t38-,39+;;14-,15+. The van der Waals surface area contributed by atoms with Gasteiger partial charge in [0, 0.05) is 79.3 Å². The highest BCUT2D eigenvalue weighted by atomic mass is 79.9. The Morgan fingerprint density at radius 3 is 1.02 bits per heavy atom. The summed E-state index contributed by atoms with van der Waals surface area (Å²) in [6.45, 7) is 31.8. The molecule has 122 heavy (non-hydrogen) atoms. The van der Waals surface area contributed by atoms with E-state index in [1.165, 1.54) is 21.9 Å². The average molecular weight is 1750 g/mol. The molecule has 13 nitrogen and oxygen atoms in total. The number of hydrogen-bond donors (Lipinski definition) is 2. The van der Waals surface area contributed by atoms with Crippen molar-refractivity contribution >= 4 is 110 Å². The Morgan fingerprint density at radius 1 is 0.369 bits per heavy atom. The largest absolute Gasteiger partial charge is 0.505 e. The van der Waals surface area contributed by atoms with Crippen LogP contribution < -0.4 is 29.1 Å². The summed E-state index contributed by atoms with van der Waals surface area (Å²) >= 11 is 7.10. The third kappa shape index (κ3) is 17.4. The molecule has 18 rings (SSSR count). The zero-order valence-electron chi connectivity index (χ0n) is 72.2. The van der Waals surface area contributed by atoms with Crippen molar-refractivity contribution in [2.75, 3.05) is 6.61 Å². The molecule has 16 aromatic rings. The second-order valence-electron chi connectivity index (χ2n) is 34.2. The van der Waals surface area contributed by atoms with E-state index in [9.17, 15) is 10.2 Å². The first kappa shape index (κ1) is 84.4. The number of fused-ring (bicyclic) bond motifs is 9. The Bertz CT molecular complexity index is 6130. The van der Waals surface area contributed by atoms with Gasteiger partial charge in [-0.25, -0.2) is 0 Å². The van der Waals surface area contributed by atoms with Crippen LogP contribution in [-0.4, -0.2) is 79.5 Å². The van der Waals surface area contributed by atoms with Crippen molar-refractivity contribution < 1.29 is 47.9 Å². The van der Waals surface area contributed by atoms with Crippen LogP contribution in [0.5, 0.6) is 40.2 Å². The van der Waals surface area contributed by atoms with Gasteiger partial charge in [0.05, 0.1) is 101 Å². The van der Waals surface area contributed by atoms with E-state index in [0.29, 0.717) is 35.7 Å². The highest BCUT2D eigenvalue weighted by Crippen LogP contribution is 2.48. The number of phenolic OH excluding ortho intramolecular Hbond substituents is 2. The van der Waals surface area contributed by atoms with E-state index in [-0.39, 0.29) is 42.2 Å². The molecule has 3 aromatic heterocycles. The Hall–Kier alpha value is -11.2. The molecule has 0 bridgehead atoms. The van der Waals surface area contributed by atoms with Crippen LogP contribution in [0.3, 0.4) is 0 Å². The highest BCUT2D eigenvalue weighted by Gasteiger charge is 2.53. The van der Waals surface area contributed by atoms with Gasteiger partial charge in [0.25, 0.3) is 0 Å². The molecule has 13 aromatic carbocycles. The summed E-state index contributed by atoms with van der Waals surface area (Å²) in [5, 5.41) is 31.5. The number of ether oxygens (including phenoxy) is 6. The van der Waals surface area contributed by atoms with Crippen molar-refractivity contribution in [2.45, 2.75) is 178 Å². The first-order valence-corrected chi connectivity index (χ1v) is 44.0. The number of halogens is 2. The van der Waals surface area contributed by atoms with Gasteiger partial charge in [0.15, 0.2) is 6.29 Å². The fraction of sp³-hybridized carbons (Fsp3) is 0.264. The fourth-order valence-electron chi connectivity index (χ4n) is 17.3. The number of aromatic hydroxyl groups is 2. The third-order valence-corrected chi connectivity index (χ3v) is 25.0. The Labute approximate surface area is 733 Å². The lowest BCUT2D eigenvalue weighted by molar-refractivity contribution is -0.105.